The van der Waals surface area contributed by atoms with Gasteiger partial charge in [0.15, 0.2) is 0 Å². The molecule has 161 valence electrons. The van der Waals surface area contributed by atoms with Gasteiger partial charge < -0.3 is 10.2 Å². The van der Waals surface area contributed by atoms with Crippen molar-refractivity contribution in [2.75, 3.05) is 39.0 Å². The summed E-state index contributed by atoms with van der Waals surface area (Å²) >= 11 is 0. The summed E-state index contributed by atoms with van der Waals surface area (Å²) in [6.07, 6.45) is 7.99. The van der Waals surface area contributed by atoms with Gasteiger partial charge in [-0.3, -0.25) is 0 Å². The Balaban J connectivity index is 0.00000256. The molecule has 1 saturated heterocycles. The summed E-state index contributed by atoms with van der Waals surface area (Å²) in [6.45, 7) is 1.76. The Labute approximate surface area is 222 Å². The number of carbonyl (C=O) groups is 1. The molecule has 0 aromatic heterocycles. The van der Waals surface area contributed by atoms with Gasteiger partial charge in [0.25, 0.3) is 0 Å². The number of fused-ring (bicyclic) bond motifs is 2. The molecule has 1 fully saturated rings. The summed E-state index contributed by atoms with van der Waals surface area (Å²) in [5.41, 5.74) is 5.88. The number of anilines is 1. The predicted octanol–water partition coefficient (Wildman–Crippen LogP) is 1.92. The van der Waals surface area contributed by atoms with Crippen molar-refractivity contribution in [1.29, 1.82) is 0 Å². The number of piperidine rings is 1. The van der Waals surface area contributed by atoms with Gasteiger partial charge in [-0.05, 0) is 93.6 Å². The molecule has 4 rings (SSSR count). The standard InChI is InChI=1S/C21H32N4O3S.K/c1-24(2)13-15-6-5-11-25(14-15)29(27,28)23-21(26)22-20-18-9-3-7-16(18)12-17-8-4-10-19(17)20;/h12,15H,3-11,13-14H2,1-2H3,(H2,22,23,26);. The van der Waals surface area contributed by atoms with E-state index in [0.717, 1.165) is 63.6 Å². The Morgan fingerprint density at radius 2 is 1.73 bits per heavy atom. The smallest absolute Gasteiger partial charge is 0.309 e. The summed E-state index contributed by atoms with van der Waals surface area (Å²) in [7, 11) is 0.145. The van der Waals surface area contributed by atoms with Crippen molar-refractivity contribution in [1.82, 2.24) is 13.9 Å². The summed E-state index contributed by atoms with van der Waals surface area (Å²) in [5, 5.41) is 2.92. The molecule has 3 aliphatic rings. The van der Waals surface area contributed by atoms with Crippen molar-refractivity contribution in [3.05, 3.63) is 28.3 Å². The molecular weight excluding hydrogens is 427 g/mol. The number of nitrogens with zero attached hydrogens (tertiary/aromatic N) is 2. The number of hydrogen-bond acceptors (Lipinski definition) is 4. The fourth-order valence-electron chi connectivity index (χ4n) is 5.20. The van der Waals surface area contributed by atoms with E-state index in [2.05, 4.69) is 21.0 Å². The Morgan fingerprint density at radius 3 is 2.33 bits per heavy atom. The van der Waals surface area contributed by atoms with E-state index in [9.17, 15) is 13.2 Å². The third kappa shape index (κ3) is 5.48. The van der Waals surface area contributed by atoms with Crippen LogP contribution in [0, 0.1) is 5.92 Å². The number of nitrogens with one attached hydrogen (secondary N) is 2. The van der Waals surface area contributed by atoms with E-state index in [-0.39, 0.29) is 51.4 Å². The molecule has 1 unspecified atom stereocenters. The molecule has 2 N–H and O–H groups in total. The summed E-state index contributed by atoms with van der Waals surface area (Å²) in [5.74, 6) is 0.291. The molecule has 0 bridgehead atoms. The van der Waals surface area contributed by atoms with Gasteiger partial charge in [0, 0.05) is 76.7 Å². The monoisotopic (exact) mass is 459 g/mol. The van der Waals surface area contributed by atoms with Crippen LogP contribution in [0.4, 0.5) is 10.5 Å². The Kier molecular flexibility index (Phi) is 8.45. The maximum Gasteiger partial charge on any atom is 0.333 e. The average molecular weight is 460 g/mol. The van der Waals surface area contributed by atoms with E-state index in [0.29, 0.717) is 19.0 Å². The molecule has 30 heavy (non-hydrogen) atoms. The number of aryl methyl sites for hydroxylation is 2. The number of hydrogen-bond donors (Lipinski definition) is 2. The van der Waals surface area contributed by atoms with Gasteiger partial charge in [0.05, 0.1) is 0 Å². The van der Waals surface area contributed by atoms with Crippen LogP contribution in [0.5, 0.6) is 0 Å². The van der Waals surface area contributed by atoms with Crippen LogP contribution in [0.15, 0.2) is 6.07 Å². The molecule has 2 aliphatic carbocycles. The molecular formula is C21H32KN4O3S. The third-order valence-electron chi connectivity index (χ3n) is 6.38. The first-order chi connectivity index (χ1) is 13.8. The fraction of sp³-hybridized carbons (Fsp3) is 0.667. The summed E-state index contributed by atoms with van der Waals surface area (Å²) in [6, 6.07) is 1.65. The van der Waals surface area contributed by atoms with E-state index in [1.807, 2.05) is 14.1 Å². The first-order valence-electron chi connectivity index (χ1n) is 10.7. The van der Waals surface area contributed by atoms with Crippen LogP contribution in [0.25, 0.3) is 0 Å². The largest absolute Gasteiger partial charge is 0.333 e. The van der Waals surface area contributed by atoms with Crippen LogP contribution in [0.3, 0.4) is 0 Å². The van der Waals surface area contributed by atoms with Crippen LogP contribution in [-0.4, -0.2) is 109 Å². The zero-order valence-electron chi connectivity index (χ0n) is 18.5. The molecule has 1 atom stereocenters. The van der Waals surface area contributed by atoms with Crippen LogP contribution < -0.4 is 10.0 Å². The molecule has 7 nitrogen and oxygen atoms in total. The fourth-order valence-corrected chi connectivity index (χ4v) is 6.39. The molecule has 0 saturated carbocycles. The second-order valence-corrected chi connectivity index (χ2v) is 10.6. The minimum Gasteiger partial charge on any atom is -0.309 e. The van der Waals surface area contributed by atoms with E-state index in [1.165, 1.54) is 26.6 Å². The second kappa shape index (κ2) is 10.3. The molecule has 9 heteroatoms. The predicted molar refractivity (Wildman–Crippen MR) is 120 cm³/mol. The molecule has 0 spiro atoms. The number of carbonyl (C=O) groups excluding carboxylic acids is 1. The normalized spacial score (nSPS) is 21.1. The number of benzene rings is 1. The van der Waals surface area contributed by atoms with Crippen molar-refractivity contribution in [2.45, 2.75) is 51.4 Å². The van der Waals surface area contributed by atoms with E-state index in [4.69, 9.17) is 0 Å². The van der Waals surface area contributed by atoms with Gasteiger partial charge >= 0.3 is 16.2 Å². The van der Waals surface area contributed by atoms with Crippen LogP contribution in [-0.2, 0) is 35.9 Å². The zero-order valence-corrected chi connectivity index (χ0v) is 22.4. The minimum absolute atomic E-state index is 0. The second-order valence-electron chi connectivity index (χ2n) is 8.92. The van der Waals surface area contributed by atoms with Crippen LogP contribution >= 0.6 is 0 Å². The van der Waals surface area contributed by atoms with E-state index < -0.39 is 16.2 Å². The zero-order chi connectivity index (χ0) is 20.6. The first kappa shape index (κ1) is 24.6. The van der Waals surface area contributed by atoms with Crippen molar-refractivity contribution >= 4 is 73.3 Å². The molecule has 2 amide bonds. The van der Waals surface area contributed by atoms with Gasteiger partial charge in [-0.2, -0.15) is 12.7 Å². The quantitative estimate of drug-likeness (QED) is 0.659. The van der Waals surface area contributed by atoms with Crippen molar-refractivity contribution in [3.63, 3.8) is 0 Å². The maximum atomic E-state index is 12.8. The summed E-state index contributed by atoms with van der Waals surface area (Å²) < 4.78 is 29.3. The molecule has 1 aromatic carbocycles. The number of amides is 2. The maximum absolute atomic E-state index is 12.8. The van der Waals surface area contributed by atoms with Crippen LogP contribution in [0.2, 0.25) is 0 Å². The SMILES string of the molecule is CN(C)CC1CCCN(S(=O)(=O)NC(=O)Nc2c3c(cc4c2CCC4)CCC3)C1.[K]. The molecule has 1 aromatic rings. The Bertz CT molecular complexity index is 872. The number of urea groups is 1. The van der Waals surface area contributed by atoms with Crippen LogP contribution in [0.1, 0.15) is 47.9 Å². The average Bonchev–Trinajstić information content (AvgIpc) is 3.29. The summed E-state index contributed by atoms with van der Waals surface area (Å²) in [4.78, 5) is 14.8. The number of rotatable bonds is 5. The third-order valence-corrected chi connectivity index (χ3v) is 7.83. The first-order valence-corrected chi connectivity index (χ1v) is 12.2. The van der Waals surface area contributed by atoms with Crippen molar-refractivity contribution in [2.24, 2.45) is 5.92 Å². The molecule has 1 radical (unpaired) electrons. The van der Waals surface area contributed by atoms with Gasteiger partial charge in [-0.1, -0.05) is 6.07 Å². The van der Waals surface area contributed by atoms with E-state index in [1.54, 1.807) is 0 Å². The van der Waals surface area contributed by atoms with E-state index >= 15 is 0 Å². The molecule has 1 heterocycles. The van der Waals surface area contributed by atoms with Crippen molar-refractivity contribution in [3.8, 4) is 0 Å². The Morgan fingerprint density at radius 1 is 1.10 bits per heavy atom. The van der Waals surface area contributed by atoms with Gasteiger partial charge in [0.2, 0.25) is 0 Å². The molecule has 1 aliphatic heterocycles. The topological polar surface area (TPSA) is 81.8 Å². The van der Waals surface area contributed by atoms with Gasteiger partial charge in [-0.15, -0.1) is 0 Å². The van der Waals surface area contributed by atoms with Gasteiger partial charge in [0.1, 0.15) is 0 Å². The van der Waals surface area contributed by atoms with Crippen molar-refractivity contribution < 1.29 is 13.2 Å². The Hall–Kier alpha value is -0.00364. The van der Waals surface area contributed by atoms with Gasteiger partial charge in [-0.25, -0.2) is 9.52 Å². The minimum atomic E-state index is -3.85.